The number of aromatic hydroxyl groups is 1. The van der Waals surface area contributed by atoms with Crippen molar-refractivity contribution in [3.63, 3.8) is 0 Å². The number of benzene rings is 2. The van der Waals surface area contributed by atoms with Crippen molar-refractivity contribution in [2.24, 2.45) is 5.92 Å². The van der Waals surface area contributed by atoms with Crippen molar-refractivity contribution in [3.8, 4) is 23.0 Å². The number of aliphatic hydroxyl groups is 1. The first-order valence-electron chi connectivity index (χ1n) is 8.56. The van der Waals surface area contributed by atoms with Crippen LogP contribution in [0.15, 0.2) is 36.4 Å². The van der Waals surface area contributed by atoms with Crippen molar-refractivity contribution >= 4 is 5.97 Å². The van der Waals surface area contributed by atoms with E-state index >= 15 is 0 Å². The summed E-state index contributed by atoms with van der Waals surface area (Å²) >= 11 is 0. The number of phenols is 1. The predicted molar refractivity (Wildman–Crippen MR) is 96.2 cm³/mol. The van der Waals surface area contributed by atoms with E-state index in [-0.39, 0.29) is 18.3 Å². The van der Waals surface area contributed by atoms with Gasteiger partial charge in [0.1, 0.15) is 6.10 Å². The summed E-state index contributed by atoms with van der Waals surface area (Å²) in [5.74, 6) is 0.343. The van der Waals surface area contributed by atoms with Gasteiger partial charge in [-0.05, 0) is 42.8 Å². The van der Waals surface area contributed by atoms with E-state index in [9.17, 15) is 15.0 Å². The lowest BCUT2D eigenvalue weighted by atomic mass is 9.92. The molecular formula is C20H22O7. The molecule has 0 aliphatic carbocycles. The summed E-state index contributed by atoms with van der Waals surface area (Å²) in [7, 11) is 1.44. The number of methoxy groups -OCH3 is 1. The van der Waals surface area contributed by atoms with Gasteiger partial charge in [-0.2, -0.15) is 0 Å². The minimum Gasteiger partial charge on any atom is -0.504 e. The van der Waals surface area contributed by atoms with Crippen LogP contribution >= 0.6 is 0 Å². The maximum atomic E-state index is 12.7. The average Bonchev–Trinajstić information content (AvgIpc) is 3.13. The van der Waals surface area contributed by atoms with Gasteiger partial charge in [0, 0.05) is 5.92 Å². The zero-order valence-electron chi connectivity index (χ0n) is 15.3. The molecule has 0 spiro atoms. The number of carbonyl (C=O) groups is 1. The number of carbonyl (C=O) groups excluding carboxylic acids is 1. The van der Waals surface area contributed by atoms with Gasteiger partial charge in [0.15, 0.2) is 23.0 Å². The molecule has 144 valence electrons. The number of ether oxygens (including phenoxy) is 4. The zero-order chi connectivity index (χ0) is 19.6. The molecule has 2 aromatic rings. The Hall–Kier alpha value is -2.93. The standard InChI is InChI=1S/C20H22O7/c1-11(12(2)21)19(13-4-6-15(22)17(8-13)24-3)27-20(23)14-5-7-16-18(9-14)26-10-25-16/h4-9,11-12,19,21-22H,10H2,1-3H3/t11-,12?,19?/m1/s1. The molecule has 7 heteroatoms. The average molecular weight is 374 g/mol. The molecule has 0 saturated heterocycles. The molecule has 1 heterocycles. The molecule has 2 unspecified atom stereocenters. The monoisotopic (exact) mass is 374 g/mol. The molecule has 7 nitrogen and oxygen atoms in total. The van der Waals surface area contributed by atoms with Gasteiger partial charge in [-0.1, -0.05) is 13.0 Å². The fourth-order valence-electron chi connectivity index (χ4n) is 2.81. The van der Waals surface area contributed by atoms with Gasteiger partial charge in [0.2, 0.25) is 6.79 Å². The maximum absolute atomic E-state index is 12.7. The van der Waals surface area contributed by atoms with E-state index in [0.29, 0.717) is 22.6 Å². The highest BCUT2D eigenvalue weighted by Gasteiger charge is 2.29. The van der Waals surface area contributed by atoms with Crippen molar-refractivity contribution < 1.29 is 34.0 Å². The normalized spacial score (nSPS) is 15.7. The van der Waals surface area contributed by atoms with E-state index in [1.165, 1.54) is 13.2 Å². The van der Waals surface area contributed by atoms with Crippen LogP contribution in [0, 0.1) is 5.92 Å². The second-order valence-corrected chi connectivity index (χ2v) is 6.42. The van der Waals surface area contributed by atoms with Crippen LogP contribution in [-0.4, -0.2) is 36.2 Å². The Kier molecular flexibility index (Phi) is 5.41. The molecule has 0 aromatic heterocycles. The first-order chi connectivity index (χ1) is 12.9. The summed E-state index contributed by atoms with van der Waals surface area (Å²) in [5.41, 5.74) is 0.917. The molecule has 1 aliphatic heterocycles. The first kappa shape index (κ1) is 18.8. The number of aliphatic hydroxyl groups excluding tert-OH is 1. The van der Waals surface area contributed by atoms with Gasteiger partial charge in [-0.3, -0.25) is 0 Å². The minimum absolute atomic E-state index is 0.0215. The fraction of sp³-hybridized carbons (Fsp3) is 0.350. The molecule has 1 aliphatic rings. The topological polar surface area (TPSA) is 94.5 Å². The van der Waals surface area contributed by atoms with E-state index in [0.717, 1.165) is 0 Å². The Labute approximate surface area is 157 Å². The highest BCUT2D eigenvalue weighted by molar-refractivity contribution is 5.90. The highest BCUT2D eigenvalue weighted by atomic mass is 16.7. The second-order valence-electron chi connectivity index (χ2n) is 6.42. The first-order valence-corrected chi connectivity index (χ1v) is 8.56. The van der Waals surface area contributed by atoms with Crippen molar-refractivity contribution in [2.45, 2.75) is 26.1 Å². The maximum Gasteiger partial charge on any atom is 0.338 e. The van der Waals surface area contributed by atoms with Crippen molar-refractivity contribution in [1.82, 2.24) is 0 Å². The summed E-state index contributed by atoms with van der Waals surface area (Å²) in [5, 5.41) is 19.8. The lowest BCUT2D eigenvalue weighted by Gasteiger charge is -2.27. The largest absolute Gasteiger partial charge is 0.504 e. The molecule has 0 radical (unpaired) electrons. The molecule has 2 N–H and O–H groups in total. The van der Waals surface area contributed by atoms with Gasteiger partial charge in [0.05, 0.1) is 18.8 Å². The van der Waals surface area contributed by atoms with Gasteiger partial charge in [-0.15, -0.1) is 0 Å². The quantitative estimate of drug-likeness (QED) is 0.751. The van der Waals surface area contributed by atoms with Gasteiger partial charge < -0.3 is 29.2 Å². The van der Waals surface area contributed by atoms with Crippen LogP contribution in [0.4, 0.5) is 0 Å². The third-order valence-corrected chi connectivity index (χ3v) is 4.61. The SMILES string of the molecule is COc1cc(C(OC(=O)c2ccc3c(c2)OCO3)[C@H](C)C(C)O)ccc1O. The summed E-state index contributed by atoms with van der Waals surface area (Å²) in [4.78, 5) is 12.7. The van der Waals surface area contributed by atoms with Crippen LogP contribution < -0.4 is 14.2 Å². The fourth-order valence-corrected chi connectivity index (χ4v) is 2.81. The summed E-state index contributed by atoms with van der Waals surface area (Å²) in [6.07, 6.45) is -1.46. The Bertz CT molecular complexity index is 831. The lowest BCUT2D eigenvalue weighted by molar-refractivity contribution is -0.0103. The van der Waals surface area contributed by atoms with Crippen molar-refractivity contribution in [3.05, 3.63) is 47.5 Å². The second kappa shape index (κ2) is 7.75. The number of hydrogen-bond donors (Lipinski definition) is 2. The number of phenolic OH excluding ortho intramolecular Hbond substituents is 1. The molecule has 2 aromatic carbocycles. The Balaban J connectivity index is 1.88. The van der Waals surface area contributed by atoms with Crippen LogP contribution in [0.1, 0.15) is 35.9 Å². The van der Waals surface area contributed by atoms with Crippen molar-refractivity contribution in [1.29, 1.82) is 0 Å². The molecule has 0 fully saturated rings. The summed E-state index contributed by atoms with van der Waals surface area (Å²) < 4.78 is 21.4. The Morgan fingerprint density at radius 1 is 1.11 bits per heavy atom. The molecule has 0 saturated carbocycles. The van der Waals surface area contributed by atoms with Gasteiger partial charge in [-0.25, -0.2) is 4.79 Å². The lowest BCUT2D eigenvalue weighted by Crippen LogP contribution is -2.25. The number of rotatable bonds is 6. The molecule has 3 rings (SSSR count). The van der Waals surface area contributed by atoms with Crippen LogP contribution in [0.2, 0.25) is 0 Å². The van der Waals surface area contributed by atoms with E-state index in [1.807, 2.05) is 0 Å². The van der Waals surface area contributed by atoms with Crippen LogP contribution in [-0.2, 0) is 4.74 Å². The van der Waals surface area contributed by atoms with Gasteiger partial charge >= 0.3 is 5.97 Å². The number of fused-ring (bicyclic) bond motifs is 1. The van der Waals surface area contributed by atoms with E-state index in [1.54, 1.807) is 44.2 Å². The molecule has 0 bridgehead atoms. The van der Waals surface area contributed by atoms with Gasteiger partial charge in [0.25, 0.3) is 0 Å². The number of esters is 1. The van der Waals surface area contributed by atoms with Crippen molar-refractivity contribution in [2.75, 3.05) is 13.9 Å². The van der Waals surface area contributed by atoms with Crippen LogP contribution in [0.5, 0.6) is 23.0 Å². The summed E-state index contributed by atoms with van der Waals surface area (Å²) in [6, 6.07) is 9.49. The molecule has 27 heavy (non-hydrogen) atoms. The van der Waals surface area contributed by atoms with Crippen LogP contribution in [0.25, 0.3) is 0 Å². The van der Waals surface area contributed by atoms with E-state index in [2.05, 4.69) is 0 Å². The number of hydrogen-bond acceptors (Lipinski definition) is 7. The van der Waals surface area contributed by atoms with E-state index in [4.69, 9.17) is 18.9 Å². The molecular weight excluding hydrogens is 352 g/mol. The zero-order valence-corrected chi connectivity index (χ0v) is 15.3. The Morgan fingerprint density at radius 2 is 1.85 bits per heavy atom. The predicted octanol–water partition coefficient (Wildman–Crippen LogP) is 3.04. The molecule has 3 atom stereocenters. The smallest absolute Gasteiger partial charge is 0.338 e. The third-order valence-electron chi connectivity index (χ3n) is 4.61. The highest BCUT2D eigenvalue weighted by Crippen LogP contribution is 2.36. The van der Waals surface area contributed by atoms with Crippen LogP contribution in [0.3, 0.4) is 0 Å². The third kappa shape index (κ3) is 3.93. The minimum atomic E-state index is -0.738. The Morgan fingerprint density at radius 3 is 2.56 bits per heavy atom. The summed E-state index contributed by atoms with van der Waals surface area (Å²) in [6.45, 7) is 3.52. The molecule has 0 amide bonds. The van der Waals surface area contributed by atoms with E-state index < -0.39 is 24.1 Å².